The van der Waals surface area contributed by atoms with Crippen LogP contribution in [0, 0.1) is 6.92 Å². The summed E-state index contributed by atoms with van der Waals surface area (Å²) >= 11 is 12.2. The van der Waals surface area contributed by atoms with Crippen LogP contribution in [0.4, 0.5) is 0 Å². The number of hydrogen-bond acceptors (Lipinski definition) is 2. The Labute approximate surface area is 138 Å². The molecular formula is C17H13Cl2NO2. The van der Waals surface area contributed by atoms with Crippen molar-refractivity contribution in [3.05, 3.63) is 63.8 Å². The molecule has 0 unspecified atom stereocenters. The Balaban J connectivity index is 2.18. The van der Waals surface area contributed by atoms with Crippen molar-refractivity contribution in [2.24, 2.45) is 0 Å². The number of benzene rings is 2. The first-order chi connectivity index (χ1) is 10.5. The van der Waals surface area contributed by atoms with Crippen molar-refractivity contribution in [3.8, 4) is 5.75 Å². The highest BCUT2D eigenvalue weighted by Gasteiger charge is 2.17. The molecule has 5 heteroatoms. The van der Waals surface area contributed by atoms with Gasteiger partial charge in [0.15, 0.2) is 0 Å². The maximum atomic E-state index is 12.8. The van der Waals surface area contributed by atoms with Gasteiger partial charge in [0.2, 0.25) is 0 Å². The van der Waals surface area contributed by atoms with Crippen molar-refractivity contribution in [1.82, 2.24) is 4.57 Å². The Kier molecular flexibility index (Phi) is 3.85. The fourth-order valence-electron chi connectivity index (χ4n) is 2.51. The van der Waals surface area contributed by atoms with Gasteiger partial charge in [-0.25, -0.2) is 0 Å². The fraction of sp³-hybridized carbons (Fsp3) is 0.118. The van der Waals surface area contributed by atoms with Gasteiger partial charge < -0.3 is 4.74 Å². The van der Waals surface area contributed by atoms with Crippen molar-refractivity contribution in [2.75, 3.05) is 7.11 Å². The van der Waals surface area contributed by atoms with Crippen LogP contribution in [-0.2, 0) is 0 Å². The molecule has 3 rings (SSSR count). The van der Waals surface area contributed by atoms with Gasteiger partial charge in [0, 0.05) is 21.7 Å². The molecule has 0 aliphatic heterocycles. The van der Waals surface area contributed by atoms with E-state index in [0.717, 1.165) is 16.6 Å². The van der Waals surface area contributed by atoms with Gasteiger partial charge in [0.05, 0.1) is 17.6 Å². The minimum absolute atomic E-state index is 0.120. The number of carbonyl (C=O) groups excluding carboxylic acids is 1. The van der Waals surface area contributed by atoms with Gasteiger partial charge in [-0.15, -0.1) is 0 Å². The first kappa shape index (κ1) is 14.9. The standard InChI is InChI=1S/C17H13Cl2NO2/c1-10-9-13-14(7-8-15(22-2)16(13)19)20(10)17(21)11-3-5-12(18)6-4-11/h3-9H,1-2H3. The summed E-state index contributed by atoms with van der Waals surface area (Å²) in [6.07, 6.45) is 0. The number of methoxy groups -OCH3 is 1. The molecule has 0 bridgehead atoms. The second kappa shape index (κ2) is 5.67. The lowest BCUT2D eigenvalue weighted by molar-refractivity contribution is 0.0963. The molecular weight excluding hydrogens is 321 g/mol. The molecule has 1 heterocycles. The molecule has 0 saturated heterocycles. The Morgan fingerprint density at radius 3 is 2.41 bits per heavy atom. The van der Waals surface area contributed by atoms with E-state index in [1.54, 1.807) is 42.0 Å². The van der Waals surface area contributed by atoms with E-state index >= 15 is 0 Å². The average molecular weight is 334 g/mol. The summed E-state index contributed by atoms with van der Waals surface area (Å²) in [7, 11) is 1.57. The largest absolute Gasteiger partial charge is 0.495 e. The fourth-order valence-corrected chi connectivity index (χ4v) is 2.92. The molecule has 0 spiro atoms. The van der Waals surface area contributed by atoms with Crippen LogP contribution in [0.2, 0.25) is 10.0 Å². The van der Waals surface area contributed by atoms with E-state index in [2.05, 4.69) is 0 Å². The summed E-state index contributed by atoms with van der Waals surface area (Å²) in [6, 6.07) is 12.3. The van der Waals surface area contributed by atoms with E-state index in [4.69, 9.17) is 27.9 Å². The molecule has 0 aliphatic carbocycles. The van der Waals surface area contributed by atoms with Crippen LogP contribution in [-0.4, -0.2) is 17.6 Å². The lowest BCUT2D eigenvalue weighted by Gasteiger charge is -2.08. The maximum absolute atomic E-state index is 12.8. The molecule has 0 N–H and O–H groups in total. The van der Waals surface area contributed by atoms with Gasteiger partial charge in [-0.2, -0.15) is 0 Å². The molecule has 0 saturated carbocycles. The Hall–Kier alpha value is -1.97. The average Bonchev–Trinajstić information content (AvgIpc) is 2.85. The molecule has 3 nitrogen and oxygen atoms in total. The minimum Gasteiger partial charge on any atom is -0.495 e. The Morgan fingerprint density at radius 2 is 1.77 bits per heavy atom. The maximum Gasteiger partial charge on any atom is 0.262 e. The highest BCUT2D eigenvalue weighted by molar-refractivity contribution is 6.37. The Morgan fingerprint density at radius 1 is 1.09 bits per heavy atom. The second-order valence-electron chi connectivity index (χ2n) is 4.95. The van der Waals surface area contributed by atoms with E-state index in [9.17, 15) is 4.79 Å². The summed E-state index contributed by atoms with van der Waals surface area (Å²) in [5, 5.41) is 1.89. The van der Waals surface area contributed by atoms with Gasteiger partial charge in [0.1, 0.15) is 5.75 Å². The summed E-state index contributed by atoms with van der Waals surface area (Å²) in [5.74, 6) is 0.468. The van der Waals surface area contributed by atoms with Crippen molar-refractivity contribution in [3.63, 3.8) is 0 Å². The number of halogens is 2. The molecule has 0 radical (unpaired) electrons. The summed E-state index contributed by atoms with van der Waals surface area (Å²) in [6.45, 7) is 1.87. The molecule has 0 fully saturated rings. The predicted octanol–water partition coefficient (Wildman–Crippen LogP) is 4.95. The Bertz CT molecular complexity index is 866. The number of carbonyl (C=O) groups is 1. The smallest absolute Gasteiger partial charge is 0.262 e. The van der Waals surface area contributed by atoms with Gasteiger partial charge in [-0.1, -0.05) is 23.2 Å². The van der Waals surface area contributed by atoms with Gasteiger partial charge in [-0.3, -0.25) is 9.36 Å². The molecule has 0 amide bonds. The van der Waals surface area contributed by atoms with Crippen LogP contribution in [0.1, 0.15) is 16.1 Å². The number of rotatable bonds is 2. The minimum atomic E-state index is -0.120. The number of aryl methyl sites for hydroxylation is 1. The highest BCUT2D eigenvalue weighted by atomic mass is 35.5. The van der Waals surface area contributed by atoms with Crippen molar-refractivity contribution in [1.29, 1.82) is 0 Å². The number of fused-ring (bicyclic) bond motifs is 1. The summed E-state index contributed by atoms with van der Waals surface area (Å²) < 4.78 is 6.86. The predicted molar refractivity (Wildman–Crippen MR) is 89.4 cm³/mol. The number of aromatic nitrogens is 1. The van der Waals surface area contributed by atoms with Crippen LogP contribution in [0.5, 0.6) is 5.75 Å². The number of ether oxygens (including phenoxy) is 1. The topological polar surface area (TPSA) is 31.2 Å². The van der Waals surface area contributed by atoms with E-state index in [-0.39, 0.29) is 5.91 Å². The molecule has 2 aromatic carbocycles. The molecule has 22 heavy (non-hydrogen) atoms. The van der Waals surface area contributed by atoms with E-state index in [0.29, 0.717) is 21.4 Å². The number of hydrogen-bond donors (Lipinski definition) is 0. The zero-order valence-electron chi connectivity index (χ0n) is 12.1. The highest BCUT2D eigenvalue weighted by Crippen LogP contribution is 2.34. The third-order valence-corrected chi connectivity index (χ3v) is 4.22. The third-order valence-electron chi connectivity index (χ3n) is 3.58. The van der Waals surface area contributed by atoms with E-state index < -0.39 is 0 Å². The van der Waals surface area contributed by atoms with E-state index in [1.165, 1.54) is 0 Å². The molecule has 1 aromatic heterocycles. The molecule has 0 atom stereocenters. The zero-order valence-corrected chi connectivity index (χ0v) is 13.6. The zero-order chi connectivity index (χ0) is 15.9. The first-order valence-electron chi connectivity index (χ1n) is 6.67. The van der Waals surface area contributed by atoms with Crippen molar-refractivity contribution < 1.29 is 9.53 Å². The monoisotopic (exact) mass is 333 g/mol. The van der Waals surface area contributed by atoms with Crippen molar-refractivity contribution >= 4 is 40.0 Å². The lowest BCUT2D eigenvalue weighted by atomic mass is 10.2. The van der Waals surface area contributed by atoms with E-state index in [1.807, 2.05) is 19.1 Å². The van der Waals surface area contributed by atoms with Gasteiger partial charge in [-0.05, 0) is 49.4 Å². The third kappa shape index (κ3) is 2.36. The normalized spacial score (nSPS) is 10.9. The SMILES string of the molecule is COc1ccc2c(cc(C)n2C(=O)c2ccc(Cl)cc2)c1Cl. The van der Waals surface area contributed by atoms with Crippen LogP contribution in [0.3, 0.4) is 0 Å². The molecule has 3 aromatic rings. The number of nitrogens with zero attached hydrogens (tertiary/aromatic N) is 1. The second-order valence-corrected chi connectivity index (χ2v) is 5.76. The van der Waals surface area contributed by atoms with Crippen LogP contribution in [0.25, 0.3) is 10.9 Å². The van der Waals surface area contributed by atoms with Crippen LogP contribution >= 0.6 is 23.2 Å². The van der Waals surface area contributed by atoms with Crippen molar-refractivity contribution in [2.45, 2.75) is 6.92 Å². The summed E-state index contributed by atoms with van der Waals surface area (Å²) in [5.41, 5.74) is 2.13. The molecule has 0 aliphatic rings. The van der Waals surface area contributed by atoms with Gasteiger partial charge in [0.25, 0.3) is 5.91 Å². The molecule has 112 valence electrons. The van der Waals surface area contributed by atoms with Gasteiger partial charge >= 0.3 is 0 Å². The van der Waals surface area contributed by atoms with Crippen LogP contribution in [0.15, 0.2) is 42.5 Å². The lowest BCUT2D eigenvalue weighted by Crippen LogP contribution is -2.13. The quantitative estimate of drug-likeness (QED) is 0.664. The van der Waals surface area contributed by atoms with Crippen LogP contribution < -0.4 is 4.74 Å². The summed E-state index contributed by atoms with van der Waals surface area (Å²) in [4.78, 5) is 12.8. The first-order valence-corrected chi connectivity index (χ1v) is 7.43.